The van der Waals surface area contributed by atoms with Gasteiger partial charge in [0, 0.05) is 5.69 Å². The molecule has 0 spiro atoms. The van der Waals surface area contributed by atoms with Gasteiger partial charge in [0.15, 0.2) is 0 Å². The minimum Gasteiger partial charge on any atom is -0.366 e. The van der Waals surface area contributed by atoms with Crippen molar-refractivity contribution in [2.45, 2.75) is 13.8 Å². The molecule has 3 nitrogen and oxygen atoms in total. The van der Waals surface area contributed by atoms with Gasteiger partial charge in [0.25, 0.3) is 5.91 Å². The molecule has 2 aromatic rings. The Morgan fingerprint density at radius 1 is 1.47 bits per heavy atom. The lowest BCUT2D eigenvalue weighted by Gasteiger charge is -1.93. The highest BCUT2D eigenvalue weighted by atomic mass is 32.1. The van der Waals surface area contributed by atoms with E-state index in [1.807, 2.05) is 25.3 Å². The summed E-state index contributed by atoms with van der Waals surface area (Å²) in [5, 5.41) is 2.03. The summed E-state index contributed by atoms with van der Waals surface area (Å²) in [7, 11) is 0. The molecule has 0 aliphatic rings. The SMILES string of the molecule is Cc1ccsc1-c1cc(C(N)=O)c(C)[nH]1. The second-order valence-corrected chi connectivity index (χ2v) is 4.43. The number of nitrogens with two attached hydrogens (primary N) is 1. The molecule has 15 heavy (non-hydrogen) atoms. The van der Waals surface area contributed by atoms with Crippen molar-refractivity contribution in [1.29, 1.82) is 0 Å². The average Bonchev–Trinajstić information content (AvgIpc) is 2.71. The van der Waals surface area contributed by atoms with Crippen molar-refractivity contribution in [2.75, 3.05) is 0 Å². The number of thiophene rings is 1. The maximum Gasteiger partial charge on any atom is 0.250 e. The highest BCUT2D eigenvalue weighted by Gasteiger charge is 2.12. The number of hydrogen-bond acceptors (Lipinski definition) is 2. The molecule has 0 radical (unpaired) electrons. The Labute approximate surface area is 91.9 Å². The standard InChI is InChI=1S/C11H12N2OS/c1-6-3-4-15-10(6)9-5-8(11(12)14)7(2)13-9/h3-5,13H,1-2H3,(H2,12,14). The maximum atomic E-state index is 11.1. The summed E-state index contributed by atoms with van der Waals surface area (Å²) in [6, 6.07) is 3.87. The molecule has 2 rings (SSSR count). The Hall–Kier alpha value is -1.55. The number of carbonyl (C=O) groups excluding carboxylic acids is 1. The third-order valence-corrected chi connectivity index (χ3v) is 3.44. The molecule has 78 valence electrons. The molecular formula is C11H12N2OS. The second kappa shape index (κ2) is 3.55. The zero-order valence-corrected chi connectivity index (χ0v) is 9.44. The Bertz CT molecular complexity index is 510. The predicted octanol–water partition coefficient (Wildman–Crippen LogP) is 2.46. The summed E-state index contributed by atoms with van der Waals surface area (Å²) in [5.74, 6) is -0.385. The summed E-state index contributed by atoms with van der Waals surface area (Å²) < 4.78 is 0. The van der Waals surface area contributed by atoms with Crippen LogP contribution in [0.2, 0.25) is 0 Å². The van der Waals surface area contributed by atoms with Gasteiger partial charge in [0.1, 0.15) is 0 Å². The number of primary amides is 1. The molecule has 0 fully saturated rings. The third-order valence-electron chi connectivity index (χ3n) is 2.39. The zero-order valence-electron chi connectivity index (χ0n) is 8.63. The highest BCUT2D eigenvalue weighted by Crippen LogP contribution is 2.29. The van der Waals surface area contributed by atoms with Crippen LogP contribution in [0.5, 0.6) is 0 Å². The van der Waals surface area contributed by atoms with Crippen LogP contribution in [0.25, 0.3) is 10.6 Å². The number of amides is 1. The molecule has 0 aliphatic carbocycles. The first-order chi connectivity index (χ1) is 7.09. The number of carbonyl (C=O) groups is 1. The van der Waals surface area contributed by atoms with Crippen LogP contribution in [0.4, 0.5) is 0 Å². The molecule has 0 unspecified atom stereocenters. The van der Waals surface area contributed by atoms with Gasteiger partial charge in [-0.1, -0.05) is 0 Å². The van der Waals surface area contributed by atoms with Gasteiger partial charge in [-0.3, -0.25) is 4.79 Å². The van der Waals surface area contributed by atoms with Crippen LogP contribution in [0.1, 0.15) is 21.6 Å². The number of H-pyrrole nitrogens is 1. The van der Waals surface area contributed by atoms with Crippen LogP contribution in [0.3, 0.4) is 0 Å². The quantitative estimate of drug-likeness (QED) is 0.802. The lowest BCUT2D eigenvalue weighted by Crippen LogP contribution is -2.10. The van der Waals surface area contributed by atoms with Crippen molar-refractivity contribution in [3.63, 3.8) is 0 Å². The van der Waals surface area contributed by atoms with E-state index in [1.54, 1.807) is 11.3 Å². The van der Waals surface area contributed by atoms with E-state index in [9.17, 15) is 4.79 Å². The van der Waals surface area contributed by atoms with Crippen LogP contribution < -0.4 is 5.73 Å². The summed E-state index contributed by atoms with van der Waals surface area (Å²) in [5.41, 5.74) is 8.83. The van der Waals surface area contributed by atoms with Crippen LogP contribution >= 0.6 is 11.3 Å². The van der Waals surface area contributed by atoms with E-state index in [0.29, 0.717) is 5.56 Å². The van der Waals surface area contributed by atoms with Gasteiger partial charge in [-0.2, -0.15) is 0 Å². The third kappa shape index (κ3) is 1.68. The van der Waals surface area contributed by atoms with Gasteiger partial charge in [-0.05, 0) is 36.9 Å². The fraction of sp³-hybridized carbons (Fsp3) is 0.182. The van der Waals surface area contributed by atoms with Crippen molar-refractivity contribution in [3.8, 4) is 10.6 Å². The summed E-state index contributed by atoms with van der Waals surface area (Å²) in [6.07, 6.45) is 0. The smallest absolute Gasteiger partial charge is 0.250 e. The molecule has 4 heteroatoms. The summed E-state index contributed by atoms with van der Waals surface area (Å²) >= 11 is 1.65. The average molecular weight is 220 g/mol. The van der Waals surface area contributed by atoms with Gasteiger partial charge < -0.3 is 10.7 Å². The molecule has 0 saturated heterocycles. The van der Waals surface area contributed by atoms with E-state index in [2.05, 4.69) is 11.1 Å². The fourth-order valence-corrected chi connectivity index (χ4v) is 2.48. The van der Waals surface area contributed by atoms with E-state index < -0.39 is 0 Å². The Kier molecular flexibility index (Phi) is 2.36. The van der Waals surface area contributed by atoms with Gasteiger partial charge in [0.2, 0.25) is 0 Å². The Morgan fingerprint density at radius 2 is 2.20 bits per heavy atom. The molecular weight excluding hydrogens is 208 g/mol. The largest absolute Gasteiger partial charge is 0.366 e. The molecule has 0 aromatic carbocycles. The van der Waals surface area contributed by atoms with Crippen molar-refractivity contribution in [2.24, 2.45) is 5.73 Å². The van der Waals surface area contributed by atoms with E-state index in [0.717, 1.165) is 16.3 Å². The molecule has 3 N–H and O–H groups in total. The van der Waals surface area contributed by atoms with Crippen LogP contribution in [0.15, 0.2) is 17.5 Å². The molecule has 0 aliphatic heterocycles. The first-order valence-electron chi connectivity index (χ1n) is 4.63. The van der Waals surface area contributed by atoms with Gasteiger partial charge in [0.05, 0.1) is 16.1 Å². The molecule has 0 bridgehead atoms. The van der Waals surface area contributed by atoms with Crippen LogP contribution in [0, 0.1) is 13.8 Å². The van der Waals surface area contributed by atoms with Gasteiger partial charge in [-0.15, -0.1) is 11.3 Å². The number of nitrogens with one attached hydrogen (secondary N) is 1. The van der Waals surface area contributed by atoms with Crippen molar-refractivity contribution < 1.29 is 4.79 Å². The maximum absolute atomic E-state index is 11.1. The lowest BCUT2D eigenvalue weighted by molar-refractivity contribution is 0.1000. The molecule has 2 heterocycles. The van der Waals surface area contributed by atoms with Crippen molar-refractivity contribution in [3.05, 3.63) is 34.3 Å². The molecule has 0 saturated carbocycles. The van der Waals surface area contributed by atoms with E-state index in [1.165, 1.54) is 5.56 Å². The first kappa shape index (κ1) is 9.98. The monoisotopic (exact) mass is 220 g/mol. The van der Waals surface area contributed by atoms with Crippen molar-refractivity contribution in [1.82, 2.24) is 4.98 Å². The van der Waals surface area contributed by atoms with Crippen LogP contribution in [-0.4, -0.2) is 10.9 Å². The molecule has 2 aromatic heterocycles. The Morgan fingerprint density at radius 3 is 2.67 bits per heavy atom. The van der Waals surface area contributed by atoms with Crippen LogP contribution in [-0.2, 0) is 0 Å². The normalized spacial score (nSPS) is 10.5. The lowest BCUT2D eigenvalue weighted by atomic mass is 10.2. The van der Waals surface area contributed by atoms with Gasteiger partial charge >= 0.3 is 0 Å². The van der Waals surface area contributed by atoms with E-state index in [-0.39, 0.29) is 5.91 Å². The highest BCUT2D eigenvalue weighted by molar-refractivity contribution is 7.13. The van der Waals surface area contributed by atoms with E-state index >= 15 is 0 Å². The summed E-state index contributed by atoms with van der Waals surface area (Å²) in [6.45, 7) is 3.90. The topological polar surface area (TPSA) is 58.9 Å². The van der Waals surface area contributed by atoms with E-state index in [4.69, 9.17) is 5.73 Å². The molecule has 1 amide bonds. The van der Waals surface area contributed by atoms with Gasteiger partial charge in [-0.25, -0.2) is 0 Å². The minimum absolute atomic E-state index is 0.385. The number of hydrogen-bond donors (Lipinski definition) is 2. The number of rotatable bonds is 2. The number of aryl methyl sites for hydroxylation is 2. The van der Waals surface area contributed by atoms with Crippen molar-refractivity contribution >= 4 is 17.2 Å². The zero-order chi connectivity index (χ0) is 11.0. The minimum atomic E-state index is -0.385. The second-order valence-electron chi connectivity index (χ2n) is 3.52. The predicted molar refractivity (Wildman–Crippen MR) is 62.1 cm³/mol. The first-order valence-corrected chi connectivity index (χ1v) is 5.51. The summed E-state index contributed by atoms with van der Waals surface area (Å²) in [4.78, 5) is 15.4. The fourth-order valence-electron chi connectivity index (χ4n) is 1.58. The Balaban J connectivity index is 2.52. The molecule has 0 atom stereocenters. The number of aromatic nitrogens is 1. The number of aromatic amines is 1.